The largest absolute Gasteiger partial charge is 0.373 e. The van der Waals surface area contributed by atoms with Gasteiger partial charge in [-0.25, -0.2) is 0 Å². The zero-order valence-corrected chi connectivity index (χ0v) is 13.4. The van der Waals surface area contributed by atoms with Crippen LogP contribution in [0.15, 0.2) is 24.5 Å². The fraction of sp³-hybridized carbons (Fsp3) is 0.625. The summed E-state index contributed by atoms with van der Waals surface area (Å²) in [6.07, 6.45) is 4.96. The van der Waals surface area contributed by atoms with Gasteiger partial charge in [-0.3, -0.25) is 9.78 Å². The number of carbonyl (C=O) groups is 1. The number of hydrogen-bond acceptors (Lipinski definition) is 4. The van der Waals surface area contributed by atoms with Crippen molar-refractivity contribution in [3.05, 3.63) is 30.1 Å². The number of hydrogen-bond donors (Lipinski definition) is 0. The molecule has 21 heavy (non-hydrogen) atoms. The highest BCUT2D eigenvalue weighted by atomic mass is 32.2. The molecule has 0 saturated carbocycles. The van der Waals surface area contributed by atoms with E-state index in [0.29, 0.717) is 12.7 Å². The summed E-state index contributed by atoms with van der Waals surface area (Å²) in [6.45, 7) is 6.37. The quantitative estimate of drug-likeness (QED) is 0.856. The third kappa shape index (κ3) is 3.24. The Morgan fingerprint density at radius 2 is 2.19 bits per heavy atom. The van der Waals surface area contributed by atoms with Crippen LogP contribution >= 0.6 is 11.8 Å². The summed E-state index contributed by atoms with van der Waals surface area (Å²) in [7, 11) is 0. The topological polar surface area (TPSA) is 42.4 Å². The van der Waals surface area contributed by atoms with Crippen molar-refractivity contribution in [2.75, 3.05) is 18.8 Å². The van der Waals surface area contributed by atoms with Gasteiger partial charge in [-0.1, -0.05) is 13.8 Å². The van der Waals surface area contributed by atoms with Crippen LogP contribution < -0.4 is 0 Å². The van der Waals surface area contributed by atoms with E-state index in [2.05, 4.69) is 4.98 Å². The second kappa shape index (κ2) is 5.97. The van der Waals surface area contributed by atoms with Gasteiger partial charge in [0.2, 0.25) is 5.91 Å². The Morgan fingerprint density at radius 1 is 1.48 bits per heavy atom. The number of pyridine rings is 1. The van der Waals surface area contributed by atoms with E-state index in [-0.39, 0.29) is 16.6 Å². The van der Waals surface area contributed by atoms with Crippen LogP contribution in [0.4, 0.5) is 0 Å². The van der Waals surface area contributed by atoms with Gasteiger partial charge in [0.15, 0.2) is 0 Å². The second-order valence-corrected chi connectivity index (χ2v) is 7.82. The lowest BCUT2D eigenvalue weighted by Crippen LogP contribution is -2.61. The van der Waals surface area contributed by atoms with E-state index in [9.17, 15) is 4.79 Å². The molecule has 114 valence electrons. The first-order valence-corrected chi connectivity index (χ1v) is 8.50. The number of ether oxygens (including phenoxy) is 1. The number of aromatic nitrogens is 1. The van der Waals surface area contributed by atoms with E-state index in [4.69, 9.17) is 4.74 Å². The molecule has 0 radical (unpaired) electrons. The van der Waals surface area contributed by atoms with Crippen molar-refractivity contribution in [3.8, 4) is 0 Å². The summed E-state index contributed by atoms with van der Waals surface area (Å²) in [5.74, 6) is 1.42. The van der Waals surface area contributed by atoms with Gasteiger partial charge in [0, 0.05) is 37.2 Å². The minimum Gasteiger partial charge on any atom is -0.373 e. The lowest BCUT2D eigenvalue weighted by molar-refractivity contribution is -0.140. The highest BCUT2D eigenvalue weighted by Crippen LogP contribution is 2.46. The van der Waals surface area contributed by atoms with Gasteiger partial charge < -0.3 is 9.64 Å². The zero-order valence-electron chi connectivity index (χ0n) is 12.6. The predicted molar refractivity (Wildman–Crippen MR) is 84.0 cm³/mol. The van der Waals surface area contributed by atoms with Gasteiger partial charge in [0.05, 0.1) is 17.5 Å². The first kappa shape index (κ1) is 14.9. The zero-order chi connectivity index (χ0) is 14.9. The molecule has 5 heteroatoms. The van der Waals surface area contributed by atoms with E-state index in [1.807, 2.05) is 42.6 Å². The molecule has 0 bridgehead atoms. The molecular weight excluding hydrogens is 284 g/mol. The van der Waals surface area contributed by atoms with Gasteiger partial charge in [-0.2, -0.15) is 0 Å². The van der Waals surface area contributed by atoms with Crippen molar-refractivity contribution < 1.29 is 9.53 Å². The van der Waals surface area contributed by atoms with Crippen LogP contribution in [0.5, 0.6) is 0 Å². The molecule has 1 aromatic heterocycles. The Balaban J connectivity index is 1.46. The maximum atomic E-state index is 11.9. The van der Waals surface area contributed by atoms with Crippen molar-refractivity contribution in [2.24, 2.45) is 5.92 Å². The van der Waals surface area contributed by atoms with Crippen molar-refractivity contribution >= 4 is 17.7 Å². The summed E-state index contributed by atoms with van der Waals surface area (Å²) in [4.78, 5) is 17.9. The van der Waals surface area contributed by atoms with Gasteiger partial charge in [-0.15, -0.1) is 11.8 Å². The number of likely N-dealkylation sites (tertiary alicyclic amines) is 1. The summed E-state index contributed by atoms with van der Waals surface area (Å²) in [5.41, 5.74) is 1.17. The lowest BCUT2D eigenvalue weighted by atomic mass is 9.92. The Kier molecular flexibility index (Phi) is 4.22. The Bertz CT molecular complexity index is 500. The van der Waals surface area contributed by atoms with Crippen LogP contribution in [0.2, 0.25) is 0 Å². The number of thioether (sulfide) groups is 1. The Hall–Kier alpha value is -1.07. The third-order valence-corrected chi connectivity index (χ3v) is 5.75. The lowest BCUT2D eigenvalue weighted by Gasteiger charge is -2.48. The molecule has 3 heterocycles. The smallest absolute Gasteiger partial charge is 0.225 e. The van der Waals surface area contributed by atoms with Crippen LogP contribution in [0.25, 0.3) is 0 Å². The van der Waals surface area contributed by atoms with Crippen molar-refractivity contribution in [3.63, 3.8) is 0 Å². The van der Waals surface area contributed by atoms with E-state index in [1.54, 1.807) is 12.4 Å². The molecule has 0 aromatic carbocycles. The van der Waals surface area contributed by atoms with Crippen LogP contribution in [0.3, 0.4) is 0 Å². The summed E-state index contributed by atoms with van der Waals surface area (Å²) in [5, 5.41) is 0. The second-order valence-electron chi connectivity index (χ2n) is 6.34. The van der Waals surface area contributed by atoms with E-state index in [1.165, 1.54) is 5.56 Å². The molecule has 2 saturated heterocycles. The van der Waals surface area contributed by atoms with Crippen LogP contribution in [-0.4, -0.2) is 45.5 Å². The fourth-order valence-electron chi connectivity index (χ4n) is 2.99. The van der Waals surface area contributed by atoms with Gasteiger partial charge in [0.1, 0.15) is 0 Å². The van der Waals surface area contributed by atoms with Crippen molar-refractivity contribution in [2.45, 2.75) is 37.7 Å². The molecule has 1 amide bonds. The minimum atomic E-state index is 0.104. The molecule has 2 aliphatic heterocycles. The first-order chi connectivity index (χ1) is 10.1. The summed E-state index contributed by atoms with van der Waals surface area (Å²) < 4.78 is 6.27. The normalized spacial score (nSPS) is 23.6. The fourth-order valence-corrected chi connectivity index (χ4v) is 4.54. The molecule has 3 rings (SSSR count). The molecule has 1 spiro atoms. The predicted octanol–water partition coefficient (Wildman–Crippen LogP) is 2.34. The maximum Gasteiger partial charge on any atom is 0.225 e. The number of carbonyl (C=O) groups excluding carboxylic acids is 1. The van der Waals surface area contributed by atoms with Crippen molar-refractivity contribution in [1.82, 2.24) is 9.88 Å². The van der Waals surface area contributed by atoms with Gasteiger partial charge in [0.25, 0.3) is 0 Å². The van der Waals surface area contributed by atoms with E-state index >= 15 is 0 Å². The van der Waals surface area contributed by atoms with Gasteiger partial charge >= 0.3 is 0 Å². The summed E-state index contributed by atoms with van der Waals surface area (Å²) in [6, 6.07) is 3.98. The Morgan fingerprint density at radius 3 is 2.86 bits per heavy atom. The molecule has 0 unspecified atom stereocenters. The van der Waals surface area contributed by atoms with Crippen LogP contribution in [0.1, 0.15) is 25.8 Å². The molecular formula is C16H22N2O2S. The highest BCUT2D eigenvalue weighted by molar-refractivity contribution is 8.01. The first-order valence-electron chi connectivity index (χ1n) is 7.51. The molecule has 4 nitrogen and oxygen atoms in total. The minimum absolute atomic E-state index is 0.104. The molecule has 2 aliphatic rings. The van der Waals surface area contributed by atoms with Crippen LogP contribution in [-0.2, 0) is 16.1 Å². The average Bonchev–Trinajstić information content (AvgIpc) is 2.88. The number of amides is 1. The molecule has 0 N–H and O–H groups in total. The van der Waals surface area contributed by atoms with Crippen LogP contribution in [0, 0.1) is 5.92 Å². The molecule has 0 aliphatic carbocycles. The monoisotopic (exact) mass is 306 g/mol. The highest BCUT2D eigenvalue weighted by Gasteiger charge is 2.51. The van der Waals surface area contributed by atoms with E-state index in [0.717, 1.165) is 25.3 Å². The average molecular weight is 306 g/mol. The third-order valence-electron chi connectivity index (χ3n) is 4.17. The SMILES string of the molecule is CC(C)C(=O)N1CC2(C[C@H](OCc3ccncc3)CS2)C1. The summed E-state index contributed by atoms with van der Waals surface area (Å²) >= 11 is 1.98. The molecule has 1 aromatic rings. The number of rotatable bonds is 4. The Labute approximate surface area is 130 Å². The van der Waals surface area contributed by atoms with Gasteiger partial charge in [-0.05, 0) is 24.1 Å². The maximum absolute atomic E-state index is 11.9. The van der Waals surface area contributed by atoms with Crippen molar-refractivity contribution in [1.29, 1.82) is 0 Å². The van der Waals surface area contributed by atoms with E-state index < -0.39 is 0 Å². The molecule has 2 fully saturated rings. The number of nitrogens with zero attached hydrogens (tertiary/aromatic N) is 2. The standard InChI is InChI=1S/C16H22N2O2S/c1-12(2)15(19)18-10-16(11-18)7-14(9-21-16)20-8-13-3-5-17-6-4-13/h3-6,12,14H,7-11H2,1-2H3/t14-/m0/s1. The molecule has 1 atom stereocenters.